The number of aryl methyl sites for hydroxylation is 4. The summed E-state index contributed by atoms with van der Waals surface area (Å²) in [6, 6.07) is 18.9. The zero-order valence-electron chi connectivity index (χ0n) is 23.7. The molecule has 0 unspecified atom stereocenters. The lowest BCUT2D eigenvalue weighted by Gasteiger charge is -2.33. The van der Waals surface area contributed by atoms with E-state index in [9.17, 15) is 18.0 Å². The highest BCUT2D eigenvalue weighted by atomic mass is 32.2. The van der Waals surface area contributed by atoms with E-state index in [0.717, 1.165) is 32.1 Å². The number of anilines is 1. The van der Waals surface area contributed by atoms with Crippen LogP contribution >= 0.6 is 0 Å². The van der Waals surface area contributed by atoms with E-state index in [1.54, 1.807) is 36.4 Å². The molecule has 0 fully saturated rings. The average molecular weight is 550 g/mol. The van der Waals surface area contributed by atoms with Gasteiger partial charge in [-0.15, -0.1) is 0 Å². The maximum Gasteiger partial charge on any atom is 0.264 e. The summed E-state index contributed by atoms with van der Waals surface area (Å²) in [6.07, 6.45) is 0.387. The fraction of sp³-hybridized carbons (Fsp3) is 0.355. The quantitative estimate of drug-likeness (QED) is 0.362. The Balaban J connectivity index is 2.10. The molecule has 1 atom stereocenters. The third-order valence-electron chi connectivity index (χ3n) is 7.01. The highest BCUT2D eigenvalue weighted by molar-refractivity contribution is 7.92. The van der Waals surface area contributed by atoms with Gasteiger partial charge in [-0.05, 0) is 87.6 Å². The van der Waals surface area contributed by atoms with Gasteiger partial charge < -0.3 is 10.2 Å². The molecule has 39 heavy (non-hydrogen) atoms. The summed E-state index contributed by atoms with van der Waals surface area (Å²) < 4.78 is 29.1. The molecule has 3 rings (SSSR count). The van der Waals surface area contributed by atoms with E-state index in [2.05, 4.69) is 5.32 Å². The summed E-state index contributed by atoms with van der Waals surface area (Å²) >= 11 is 0. The van der Waals surface area contributed by atoms with Crippen molar-refractivity contribution in [3.63, 3.8) is 0 Å². The summed E-state index contributed by atoms with van der Waals surface area (Å²) in [5, 5.41) is 2.83. The first-order valence-corrected chi connectivity index (χ1v) is 14.7. The summed E-state index contributed by atoms with van der Waals surface area (Å²) in [5.74, 6) is -0.716. The minimum Gasteiger partial charge on any atom is -0.355 e. The highest BCUT2D eigenvalue weighted by Gasteiger charge is 2.33. The molecule has 7 nitrogen and oxygen atoms in total. The van der Waals surface area contributed by atoms with E-state index in [0.29, 0.717) is 18.7 Å². The fourth-order valence-electron chi connectivity index (χ4n) is 4.43. The van der Waals surface area contributed by atoms with Crippen LogP contribution in [0, 0.1) is 27.7 Å². The van der Waals surface area contributed by atoms with Gasteiger partial charge in [-0.3, -0.25) is 13.9 Å². The molecule has 0 aliphatic heterocycles. The molecule has 3 aromatic rings. The van der Waals surface area contributed by atoms with Gasteiger partial charge in [0.15, 0.2) is 0 Å². The monoisotopic (exact) mass is 549 g/mol. The van der Waals surface area contributed by atoms with Crippen LogP contribution in [0.1, 0.15) is 48.1 Å². The number of hydrogen-bond donors (Lipinski definition) is 1. The van der Waals surface area contributed by atoms with Crippen molar-refractivity contribution in [3.8, 4) is 0 Å². The standard InChI is InChI=1S/C31H39N3O4S/c1-7-29(31(36)32-8-2)33(20-26-12-10-9-11-24(26)5)30(35)21-34(27-16-15-23(4)25(6)19-27)39(37,38)28-17-13-22(3)14-18-28/h9-19,29H,7-8,20-21H2,1-6H3,(H,32,36)/t29-/m1/s1. The third-order valence-corrected chi connectivity index (χ3v) is 8.79. The molecule has 0 heterocycles. The Labute approximate surface area is 232 Å². The first-order chi connectivity index (χ1) is 18.5. The van der Waals surface area contributed by atoms with Crippen LogP contribution < -0.4 is 9.62 Å². The molecule has 0 bridgehead atoms. The Hall–Kier alpha value is -3.65. The van der Waals surface area contributed by atoms with Crippen molar-refractivity contribution in [2.24, 2.45) is 0 Å². The molecule has 8 heteroatoms. The maximum atomic E-state index is 14.1. The van der Waals surface area contributed by atoms with Crippen LogP contribution in [0.15, 0.2) is 71.6 Å². The Morgan fingerprint density at radius 3 is 2.10 bits per heavy atom. The Morgan fingerprint density at radius 2 is 1.51 bits per heavy atom. The molecular formula is C31H39N3O4S. The molecule has 0 radical (unpaired) electrons. The predicted octanol–water partition coefficient (Wildman–Crippen LogP) is 5.06. The van der Waals surface area contributed by atoms with Crippen LogP contribution in [-0.4, -0.2) is 44.3 Å². The van der Waals surface area contributed by atoms with Crippen LogP contribution in [0.3, 0.4) is 0 Å². The lowest BCUT2D eigenvalue weighted by molar-refractivity contribution is -0.140. The molecule has 3 aromatic carbocycles. The zero-order valence-corrected chi connectivity index (χ0v) is 24.5. The number of amides is 2. The van der Waals surface area contributed by atoms with Crippen LogP contribution in [0.4, 0.5) is 5.69 Å². The normalized spacial score (nSPS) is 12.1. The number of hydrogen-bond acceptors (Lipinski definition) is 4. The van der Waals surface area contributed by atoms with Crippen molar-refractivity contribution in [2.75, 3.05) is 17.4 Å². The minimum atomic E-state index is -4.09. The van der Waals surface area contributed by atoms with Gasteiger partial charge in [0.1, 0.15) is 12.6 Å². The molecule has 0 aromatic heterocycles. The number of nitrogens with one attached hydrogen (secondary N) is 1. The molecule has 0 saturated heterocycles. The molecule has 0 saturated carbocycles. The number of benzene rings is 3. The van der Waals surface area contributed by atoms with Gasteiger partial charge in [0.05, 0.1) is 10.6 Å². The first-order valence-electron chi connectivity index (χ1n) is 13.3. The second kappa shape index (κ2) is 12.9. The number of likely N-dealkylation sites (N-methyl/N-ethyl adjacent to an activating group) is 1. The van der Waals surface area contributed by atoms with Crippen LogP contribution in [-0.2, 0) is 26.2 Å². The van der Waals surface area contributed by atoms with Gasteiger partial charge in [0, 0.05) is 13.1 Å². The fourth-order valence-corrected chi connectivity index (χ4v) is 5.84. The van der Waals surface area contributed by atoms with Gasteiger partial charge in [0.25, 0.3) is 10.0 Å². The predicted molar refractivity (Wildman–Crippen MR) is 156 cm³/mol. The number of carbonyl (C=O) groups excluding carboxylic acids is 2. The van der Waals surface area contributed by atoms with Gasteiger partial charge >= 0.3 is 0 Å². The minimum absolute atomic E-state index is 0.0975. The number of rotatable bonds is 11. The van der Waals surface area contributed by atoms with Crippen molar-refractivity contribution in [2.45, 2.75) is 65.4 Å². The zero-order chi connectivity index (χ0) is 28.7. The van der Waals surface area contributed by atoms with Crippen LogP contribution in [0.5, 0.6) is 0 Å². The molecule has 0 aliphatic carbocycles. The second-order valence-electron chi connectivity index (χ2n) is 9.86. The maximum absolute atomic E-state index is 14.1. The Morgan fingerprint density at radius 1 is 0.846 bits per heavy atom. The number of sulfonamides is 1. The van der Waals surface area contributed by atoms with Crippen molar-refractivity contribution >= 4 is 27.5 Å². The van der Waals surface area contributed by atoms with E-state index in [-0.39, 0.29) is 17.3 Å². The summed E-state index contributed by atoms with van der Waals surface area (Å²) in [6.45, 7) is 11.5. The lowest BCUT2D eigenvalue weighted by atomic mass is 10.1. The summed E-state index contributed by atoms with van der Waals surface area (Å²) in [4.78, 5) is 28.7. The molecule has 2 amide bonds. The van der Waals surface area contributed by atoms with E-state index in [4.69, 9.17) is 0 Å². The topological polar surface area (TPSA) is 86.8 Å². The molecule has 0 spiro atoms. The van der Waals surface area contributed by atoms with Crippen molar-refractivity contribution in [1.29, 1.82) is 0 Å². The van der Waals surface area contributed by atoms with Gasteiger partial charge in [-0.25, -0.2) is 8.42 Å². The van der Waals surface area contributed by atoms with Crippen molar-refractivity contribution < 1.29 is 18.0 Å². The van der Waals surface area contributed by atoms with E-state index in [1.165, 1.54) is 4.90 Å². The summed E-state index contributed by atoms with van der Waals surface area (Å²) in [7, 11) is -4.09. The third kappa shape index (κ3) is 7.06. The lowest BCUT2D eigenvalue weighted by Crippen LogP contribution is -2.52. The second-order valence-corrected chi connectivity index (χ2v) is 11.7. The summed E-state index contributed by atoms with van der Waals surface area (Å²) in [5.41, 5.74) is 5.14. The highest BCUT2D eigenvalue weighted by Crippen LogP contribution is 2.27. The molecule has 1 N–H and O–H groups in total. The van der Waals surface area contributed by atoms with Crippen LogP contribution in [0.2, 0.25) is 0 Å². The first kappa shape index (κ1) is 29.9. The smallest absolute Gasteiger partial charge is 0.264 e. The average Bonchev–Trinajstić information content (AvgIpc) is 2.90. The van der Waals surface area contributed by atoms with Gasteiger partial charge in [-0.1, -0.05) is 55.0 Å². The molecular weight excluding hydrogens is 510 g/mol. The molecule has 0 aliphatic rings. The van der Waals surface area contributed by atoms with Crippen molar-refractivity contribution in [1.82, 2.24) is 10.2 Å². The number of carbonyl (C=O) groups is 2. The van der Waals surface area contributed by atoms with E-state index >= 15 is 0 Å². The number of nitrogens with zero attached hydrogens (tertiary/aromatic N) is 2. The van der Waals surface area contributed by atoms with Crippen LogP contribution in [0.25, 0.3) is 0 Å². The SMILES string of the molecule is CCNC(=O)[C@@H](CC)N(Cc1ccccc1C)C(=O)CN(c1ccc(C)c(C)c1)S(=O)(=O)c1ccc(C)cc1. The molecule has 208 valence electrons. The van der Waals surface area contributed by atoms with Crippen molar-refractivity contribution in [3.05, 3.63) is 94.5 Å². The van der Waals surface area contributed by atoms with Gasteiger partial charge in [0.2, 0.25) is 11.8 Å². The van der Waals surface area contributed by atoms with Gasteiger partial charge in [-0.2, -0.15) is 0 Å². The largest absolute Gasteiger partial charge is 0.355 e. The Kier molecular flexibility index (Phi) is 9.92. The Bertz CT molecular complexity index is 1420. The van der Waals surface area contributed by atoms with E-state index in [1.807, 2.05) is 71.9 Å². The van der Waals surface area contributed by atoms with E-state index < -0.39 is 28.5 Å².